The van der Waals surface area contributed by atoms with Crippen LogP contribution in [-0.2, 0) is 16.1 Å². The van der Waals surface area contributed by atoms with Crippen molar-refractivity contribution in [1.82, 2.24) is 9.58 Å². The second-order valence-electron chi connectivity index (χ2n) is 7.17. The molecule has 1 saturated heterocycles. The maximum atomic E-state index is 12.7. The van der Waals surface area contributed by atoms with E-state index in [4.69, 9.17) is 6.42 Å². The standard InChI is InChI=1S/C21H17N3O2/c1-2-9-23-12-15(16-5-3-4-6-17(16)23)11-22-24-20(25)18-13-7-8-14(10-13)19(18)21(24)26/h1,3-8,11-14,18-19H,9-10H2/b22-11-/t13-,14-,18-,19+/m0/s1. The largest absolute Gasteiger partial charge is 0.335 e. The summed E-state index contributed by atoms with van der Waals surface area (Å²) in [4.78, 5) is 25.4. The first kappa shape index (κ1) is 15.2. The summed E-state index contributed by atoms with van der Waals surface area (Å²) in [6.07, 6.45) is 14.0. The van der Waals surface area contributed by atoms with Crippen molar-refractivity contribution < 1.29 is 9.59 Å². The van der Waals surface area contributed by atoms with E-state index in [2.05, 4.69) is 23.2 Å². The number of carbonyl (C=O) groups is 2. The van der Waals surface area contributed by atoms with Gasteiger partial charge in [-0.2, -0.15) is 10.1 Å². The highest BCUT2D eigenvalue weighted by molar-refractivity contribution is 6.07. The number of para-hydroxylation sites is 1. The average Bonchev–Trinajstić information content (AvgIpc) is 3.39. The molecule has 2 aromatic rings. The molecule has 0 spiro atoms. The minimum atomic E-state index is -0.225. The molecule has 1 aromatic heterocycles. The molecule has 0 radical (unpaired) electrons. The van der Waals surface area contributed by atoms with Gasteiger partial charge >= 0.3 is 0 Å². The zero-order valence-electron chi connectivity index (χ0n) is 14.1. The van der Waals surface area contributed by atoms with Gasteiger partial charge in [0.1, 0.15) is 0 Å². The molecule has 2 amide bonds. The second kappa shape index (κ2) is 5.43. The molecular formula is C21H17N3O2. The van der Waals surface area contributed by atoms with Crippen molar-refractivity contribution in [3.63, 3.8) is 0 Å². The van der Waals surface area contributed by atoms with Crippen LogP contribution < -0.4 is 0 Å². The number of hydrogen-bond donors (Lipinski definition) is 0. The van der Waals surface area contributed by atoms with Gasteiger partial charge in [-0.05, 0) is 24.3 Å². The Labute approximate surface area is 151 Å². The summed E-state index contributed by atoms with van der Waals surface area (Å²) in [5.74, 6) is 2.24. The third kappa shape index (κ3) is 1.96. The first-order valence-corrected chi connectivity index (χ1v) is 8.80. The van der Waals surface area contributed by atoms with Crippen LogP contribution in [0, 0.1) is 36.0 Å². The Kier molecular flexibility index (Phi) is 3.17. The molecule has 2 heterocycles. The number of terminal acetylenes is 1. The van der Waals surface area contributed by atoms with Gasteiger partial charge in [0.05, 0.1) is 24.6 Å². The Morgan fingerprint density at radius 3 is 2.54 bits per heavy atom. The fourth-order valence-electron chi connectivity index (χ4n) is 4.73. The third-order valence-electron chi connectivity index (χ3n) is 5.84. The van der Waals surface area contributed by atoms with E-state index in [1.54, 1.807) is 6.21 Å². The normalized spacial score (nSPS) is 29.3. The monoisotopic (exact) mass is 343 g/mol. The van der Waals surface area contributed by atoms with Gasteiger partial charge in [0.25, 0.3) is 11.8 Å². The molecular weight excluding hydrogens is 326 g/mol. The lowest BCUT2D eigenvalue weighted by Crippen LogP contribution is -2.28. The highest BCUT2D eigenvalue weighted by atomic mass is 16.2. The topological polar surface area (TPSA) is 54.7 Å². The van der Waals surface area contributed by atoms with Crippen LogP contribution >= 0.6 is 0 Å². The Morgan fingerprint density at radius 1 is 1.15 bits per heavy atom. The lowest BCUT2D eigenvalue weighted by Gasteiger charge is -2.13. The lowest BCUT2D eigenvalue weighted by molar-refractivity contribution is -0.140. The predicted octanol–water partition coefficient (Wildman–Crippen LogP) is 2.42. The molecule has 0 N–H and O–H groups in total. The van der Waals surface area contributed by atoms with Crippen LogP contribution in [0.2, 0.25) is 0 Å². The minimum absolute atomic E-state index is 0.166. The van der Waals surface area contributed by atoms with Gasteiger partial charge in [0.15, 0.2) is 0 Å². The molecule has 26 heavy (non-hydrogen) atoms. The van der Waals surface area contributed by atoms with E-state index in [9.17, 15) is 9.59 Å². The average molecular weight is 343 g/mol. The number of aromatic nitrogens is 1. The smallest absolute Gasteiger partial charge is 0.254 e. The first-order chi connectivity index (χ1) is 12.7. The third-order valence-corrected chi connectivity index (χ3v) is 5.84. The lowest BCUT2D eigenvalue weighted by atomic mass is 9.85. The van der Waals surface area contributed by atoms with Crippen molar-refractivity contribution in [3.05, 3.63) is 48.2 Å². The molecule has 128 valence electrons. The second-order valence-corrected chi connectivity index (χ2v) is 7.17. The summed E-state index contributed by atoms with van der Waals surface area (Å²) in [5, 5.41) is 6.35. The van der Waals surface area contributed by atoms with E-state index >= 15 is 0 Å². The maximum Gasteiger partial charge on any atom is 0.254 e. The summed E-state index contributed by atoms with van der Waals surface area (Å²) in [6.45, 7) is 0.453. The van der Waals surface area contributed by atoms with Gasteiger partial charge < -0.3 is 4.57 Å². The molecule has 2 fully saturated rings. The van der Waals surface area contributed by atoms with E-state index in [1.807, 2.05) is 35.0 Å². The molecule has 4 atom stereocenters. The van der Waals surface area contributed by atoms with Crippen molar-refractivity contribution in [1.29, 1.82) is 0 Å². The molecule has 1 saturated carbocycles. The number of imide groups is 1. The number of hydrazone groups is 1. The highest BCUT2D eigenvalue weighted by Gasteiger charge is 2.59. The number of allylic oxidation sites excluding steroid dienone is 2. The van der Waals surface area contributed by atoms with Crippen LogP contribution in [0.4, 0.5) is 0 Å². The van der Waals surface area contributed by atoms with E-state index in [0.29, 0.717) is 6.54 Å². The summed E-state index contributed by atoms with van der Waals surface area (Å²) >= 11 is 0. The van der Waals surface area contributed by atoms with Crippen molar-refractivity contribution >= 4 is 28.9 Å². The predicted molar refractivity (Wildman–Crippen MR) is 97.9 cm³/mol. The molecule has 2 bridgehead atoms. The van der Waals surface area contributed by atoms with Gasteiger partial charge in [-0.1, -0.05) is 36.3 Å². The Hall–Kier alpha value is -3.13. The number of amides is 2. The van der Waals surface area contributed by atoms with Gasteiger partial charge in [-0.25, -0.2) is 0 Å². The van der Waals surface area contributed by atoms with Crippen LogP contribution in [-0.4, -0.2) is 27.6 Å². The van der Waals surface area contributed by atoms with E-state index < -0.39 is 0 Å². The van der Waals surface area contributed by atoms with Crippen LogP contribution in [0.1, 0.15) is 12.0 Å². The molecule has 1 aliphatic heterocycles. The summed E-state index contributed by atoms with van der Waals surface area (Å²) in [5.41, 5.74) is 1.85. The quantitative estimate of drug-likeness (QED) is 0.372. The van der Waals surface area contributed by atoms with Crippen LogP contribution in [0.25, 0.3) is 10.9 Å². The molecule has 3 aliphatic rings. The summed E-state index contributed by atoms with van der Waals surface area (Å²) in [6, 6.07) is 7.87. The Bertz CT molecular complexity index is 1010. The molecule has 5 rings (SSSR count). The highest BCUT2D eigenvalue weighted by Crippen LogP contribution is 2.52. The molecule has 0 unspecified atom stereocenters. The summed E-state index contributed by atoms with van der Waals surface area (Å²) in [7, 11) is 0. The van der Waals surface area contributed by atoms with Crippen molar-refractivity contribution in [2.75, 3.05) is 0 Å². The molecule has 5 heteroatoms. The van der Waals surface area contributed by atoms with Crippen LogP contribution in [0.5, 0.6) is 0 Å². The van der Waals surface area contributed by atoms with Crippen LogP contribution in [0.3, 0.4) is 0 Å². The van der Waals surface area contributed by atoms with Gasteiger partial charge in [0, 0.05) is 22.7 Å². The van der Waals surface area contributed by atoms with Crippen molar-refractivity contribution in [2.45, 2.75) is 13.0 Å². The number of carbonyl (C=O) groups excluding carboxylic acids is 2. The van der Waals surface area contributed by atoms with Crippen molar-refractivity contribution in [2.24, 2.45) is 28.8 Å². The number of nitrogens with zero attached hydrogens (tertiary/aromatic N) is 3. The van der Waals surface area contributed by atoms with Gasteiger partial charge in [-0.15, -0.1) is 6.42 Å². The molecule has 5 nitrogen and oxygen atoms in total. The van der Waals surface area contributed by atoms with E-state index in [0.717, 1.165) is 27.9 Å². The van der Waals surface area contributed by atoms with Crippen LogP contribution in [0.15, 0.2) is 47.7 Å². The SMILES string of the molecule is C#CCn1cc(/C=N\N2C(=O)[C@@H]3[C@H](C2=O)[C@H]2C=C[C@H]3C2)c2ccccc21. The van der Waals surface area contributed by atoms with Crippen molar-refractivity contribution in [3.8, 4) is 12.3 Å². The molecule has 1 aromatic carbocycles. The Balaban J connectivity index is 1.48. The molecule has 2 aliphatic carbocycles. The number of rotatable bonds is 3. The zero-order valence-corrected chi connectivity index (χ0v) is 14.1. The first-order valence-electron chi connectivity index (χ1n) is 8.80. The number of fused-ring (bicyclic) bond motifs is 6. The van der Waals surface area contributed by atoms with E-state index in [-0.39, 0.29) is 35.5 Å². The fourth-order valence-corrected chi connectivity index (χ4v) is 4.73. The number of benzene rings is 1. The Morgan fingerprint density at radius 2 is 1.85 bits per heavy atom. The summed E-state index contributed by atoms with van der Waals surface area (Å²) < 4.78 is 1.96. The maximum absolute atomic E-state index is 12.7. The fraction of sp³-hybridized carbons (Fsp3) is 0.286. The van der Waals surface area contributed by atoms with Gasteiger partial charge in [-0.3, -0.25) is 9.59 Å². The number of hydrogen-bond acceptors (Lipinski definition) is 3. The van der Waals surface area contributed by atoms with E-state index in [1.165, 1.54) is 0 Å². The zero-order chi connectivity index (χ0) is 17.8. The minimum Gasteiger partial charge on any atom is -0.335 e. The van der Waals surface area contributed by atoms with Gasteiger partial charge in [0.2, 0.25) is 0 Å².